The summed E-state index contributed by atoms with van der Waals surface area (Å²) in [5, 5.41) is 33.2. The Bertz CT molecular complexity index is 1280. The molecular formula is C24H29N7O6. The molecule has 2 aromatic heterocycles. The Balaban J connectivity index is 1.54. The van der Waals surface area contributed by atoms with Gasteiger partial charge in [0.1, 0.15) is 23.9 Å². The van der Waals surface area contributed by atoms with Gasteiger partial charge in [-0.15, -0.1) is 5.10 Å². The fraction of sp³-hybridized carbons (Fsp3) is 0.417. The third-order valence-corrected chi connectivity index (χ3v) is 5.88. The summed E-state index contributed by atoms with van der Waals surface area (Å²) < 4.78 is 12.1. The summed E-state index contributed by atoms with van der Waals surface area (Å²) >= 11 is 0. The lowest BCUT2D eigenvalue weighted by Gasteiger charge is -2.29. The van der Waals surface area contributed by atoms with Gasteiger partial charge in [-0.25, -0.2) is 14.5 Å². The number of rotatable bonds is 8. The normalized spacial score (nSPS) is 14.5. The zero-order valence-corrected chi connectivity index (χ0v) is 20.8. The van der Waals surface area contributed by atoms with E-state index in [4.69, 9.17) is 9.47 Å². The van der Waals surface area contributed by atoms with Crippen molar-refractivity contribution < 1.29 is 29.3 Å². The van der Waals surface area contributed by atoms with Crippen LogP contribution in [0.5, 0.6) is 5.75 Å². The molecule has 0 saturated heterocycles. The molecule has 2 atom stereocenters. The van der Waals surface area contributed by atoms with Gasteiger partial charge in [-0.05, 0) is 66.1 Å². The maximum Gasteiger partial charge on any atom is 0.410 e. The molecule has 1 aliphatic heterocycles. The van der Waals surface area contributed by atoms with Gasteiger partial charge in [0, 0.05) is 13.1 Å². The van der Waals surface area contributed by atoms with Crippen molar-refractivity contribution in [2.75, 3.05) is 32.2 Å². The largest absolute Gasteiger partial charge is 0.496 e. The summed E-state index contributed by atoms with van der Waals surface area (Å²) in [6, 6.07) is 8.19. The third-order valence-electron chi connectivity index (χ3n) is 5.88. The molecule has 0 fully saturated rings. The highest BCUT2D eigenvalue weighted by atomic mass is 16.6. The van der Waals surface area contributed by atoms with Crippen LogP contribution in [0.25, 0.3) is 11.5 Å². The molecule has 3 heterocycles. The van der Waals surface area contributed by atoms with Crippen LogP contribution in [0, 0.1) is 0 Å². The fourth-order valence-corrected chi connectivity index (χ4v) is 3.92. The van der Waals surface area contributed by atoms with Crippen molar-refractivity contribution in [2.24, 2.45) is 0 Å². The second-order valence-corrected chi connectivity index (χ2v) is 8.76. The first kappa shape index (κ1) is 26.0. The average molecular weight is 512 g/mol. The highest BCUT2D eigenvalue weighted by Crippen LogP contribution is 2.29. The molecule has 0 unspecified atom stereocenters. The zero-order valence-electron chi connectivity index (χ0n) is 20.8. The van der Waals surface area contributed by atoms with Gasteiger partial charge in [0.15, 0.2) is 0 Å². The van der Waals surface area contributed by atoms with E-state index >= 15 is 0 Å². The number of benzene rings is 1. The van der Waals surface area contributed by atoms with Crippen molar-refractivity contribution in [3.05, 3.63) is 47.0 Å². The maximum absolute atomic E-state index is 13.2. The molecule has 13 heteroatoms. The van der Waals surface area contributed by atoms with Gasteiger partial charge in [-0.3, -0.25) is 4.79 Å². The van der Waals surface area contributed by atoms with E-state index in [0.29, 0.717) is 30.2 Å². The molecular weight excluding hydrogens is 482 g/mol. The molecule has 0 saturated carbocycles. The van der Waals surface area contributed by atoms with Gasteiger partial charge in [0.25, 0.3) is 5.91 Å². The van der Waals surface area contributed by atoms with Gasteiger partial charge in [0.2, 0.25) is 5.82 Å². The third kappa shape index (κ3) is 5.84. The topological polar surface area (TPSA) is 165 Å². The lowest BCUT2D eigenvalue weighted by molar-refractivity contribution is 0.0524. The summed E-state index contributed by atoms with van der Waals surface area (Å²) in [7, 11) is 1.49. The van der Waals surface area contributed by atoms with Crippen molar-refractivity contribution in [3.63, 3.8) is 0 Å². The number of aliphatic hydroxyl groups excluding tert-OH is 2. The van der Waals surface area contributed by atoms with E-state index in [1.54, 1.807) is 37.3 Å². The summed E-state index contributed by atoms with van der Waals surface area (Å²) in [6.07, 6.45) is -0.701. The number of nitrogens with one attached hydrogen (secondary N) is 1. The van der Waals surface area contributed by atoms with Crippen molar-refractivity contribution in [3.8, 4) is 17.3 Å². The number of carbonyl (C=O) groups is 2. The fourth-order valence-electron chi connectivity index (χ4n) is 3.92. The Morgan fingerprint density at radius 3 is 2.76 bits per heavy atom. The molecule has 1 aromatic carbocycles. The van der Waals surface area contributed by atoms with E-state index in [1.807, 2.05) is 0 Å². The Kier molecular flexibility index (Phi) is 7.94. The summed E-state index contributed by atoms with van der Waals surface area (Å²) in [4.78, 5) is 31.6. The van der Waals surface area contributed by atoms with E-state index in [9.17, 15) is 19.8 Å². The second kappa shape index (κ2) is 11.3. The van der Waals surface area contributed by atoms with Crippen molar-refractivity contribution >= 4 is 17.8 Å². The monoisotopic (exact) mass is 511 g/mol. The molecule has 196 valence electrons. The van der Waals surface area contributed by atoms with Crippen LogP contribution in [0.1, 0.15) is 41.4 Å². The number of aromatic nitrogens is 5. The molecule has 13 nitrogen and oxygen atoms in total. The van der Waals surface area contributed by atoms with Crippen molar-refractivity contribution in [1.29, 1.82) is 0 Å². The number of pyridine rings is 1. The minimum Gasteiger partial charge on any atom is -0.496 e. The van der Waals surface area contributed by atoms with E-state index in [0.717, 1.165) is 11.1 Å². The van der Waals surface area contributed by atoms with Gasteiger partial charge in [-0.2, -0.15) is 0 Å². The van der Waals surface area contributed by atoms with Crippen LogP contribution < -0.4 is 10.1 Å². The van der Waals surface area contributed by atoms with Crippen LogP contribution in [0.2, 0.25) is 0 Å². The molecule has 4 rings (SSSR count). The lowest BCUT2D eigenvalue weighted by atomic mass is 9.96. The Morgan fingerprint density at radius 1 is 1.22 bits per heavy atom. The number of aliphatic hydroxyl groups is 2. The minimum atomic E-state index is -0.752. The van der Waals surface area contributed by atoms with Crippen LogP contribution in [0.15, 0.2) is 30.3 Å². The van der Waals surface area contributed by atoms with Crippen LogP contribution in [-0.4, -0.2) is 85.3 Å². The standard InChI is InChI=1S/C24H29N7O6/c1-14(12-32)31-22(27-28-29-31)19-5-4-6-21(25-19)26-23(34)18-9-17-11-30(24(35)37-13-15(2)33)8-7-16(17)10-20(18)36-3/h4-6,9-10,14-15,32-33H,7-8,11-13H2,1-3H3,(H,25,26,34)/t14-,15+/m1/s1. The van der Waals surface area contributed by atoms with Crippen LogP contribution in [0.4, 0.5) is 10.6 Å². The average Bonchev–Trinajstić information content (AvgIpc) is 3.40. The van der Waals surface area contributed by atoms with Gasteiger partial charge in [-0.1, -0.05) is 6.07 Å². The van der Waals surface area contributed by atoms with E-state index in [2.05, 4.69) is 25.8 Å². The Morgan fingerprint density at radius 2 is 2.03 bits per heavy atom. The number of amides is 2. The highest BCUT2D eigenvalue weighted by molar-refractivity contribution is 6.06. The molecule has 3 aromatic rings. The number of anilines is 1. The maximum atomic E-state index is 13.2. The SMILES string of the molecule is COc1cc2c(cc1C(=O)Nc1cccc(-c3nnnn3[C@H](C)CO)n1)CN(C(=O)OC[C@H](C)O)CC2. The number of methoxy groups -OCH3 is 1. The lowest BCUT2D eigenvalue weighted by Crippen LogP contribution is -2.37. The first-order valence-electron chi connectivity index (χ1n) is 11.8. The molecule has 0 spiro atoms. The van der Waals surface area contributed by atoms with E-state index in [1.165, 1.54) is 23.6 Å². The smallest absolute Gasteiger partial charge is 0.410 e. The predicted octanol–water partition coefficient (Wildman–Crippen LogP) is 1.42. The number of ether oxygens (including phenoxy) is 2. The number of tetrazole rings is 1. The summed E-state index contributed by atoms with van der Waals surface area (Å²) in [5.74, 6) is 0.586. The molecule has 3 N–H and O–H groups in total. The van der Waals surface area contributed by atoms with E-state index in [-0.39, 0.29) is 37.2 Å². The highest BCUT2D eigenvalue weighted by Gasteiger charge is 2.25. The number of nitrogens with zero attached hydrogens (tertiary/aromatic N) is 6. The first-order valence-corrected chi connectivity index (χ1v) is 11.8. The summed E-state index contributed by atoms with van der Waals surface area (Å²) in [5.41, 5.74) is 2.47. The number of hydrogen-bond acceptors (Lipinski definition) is 10. The summed E-state index contributed by atoms with van der Waals surface area (Å²) in [6.45, 7) is 3.78. The Hall–Kier alpha value is -4.10. The van der Waals surface area contributed by atoms with Gasteiger partial charge in [0.05, 0.1) is 31.4 Å². The molecule has 2 amide bonds. The van der Waals surface area contributed by atoms with E-state index < -0.39 is 18.1 Å². The molecule has 0 bridgehead atoms. The number of hydrogen-bond donors (Lipinski definition) is 3. The molecule has 0 aliphatic carbocycles. The minimum absolute atomic E-state index is 0.0875. The van der Waals surface area contributed by atoms with Gasteiger partial charge < -0.3 is 29.9 Å². The molecule has 1 aliphatic rings. The van der Waals surface area contributed by atoms with Crippen LogP contribution in [-0.2, 0) is 17.7 Å². The van der Waals surface area contributed by atoms with Gasteiger partial charge >= 0.3 is 6.09 Å². The Labute approximate surface area is 213 Å². The quantitative estimate of drug-likeness (QED) is 0.403. The number of carbonyl (C=O) groups excluding carboxylic acids is 2. The molecule has 0 radical (unpaired) electrons. The number of fused-ring (bicyclic) bond motifs is 1. The van der Waals surface area contributed by atoms with Crippen LogP contribution >= 0.6 is 0 Å². The van der Waals surface area contributed by atoms with Crippen molar-refractivity contribution in [1.82, 2.24) is 30.1 Å². The first-order chi connectivity index (χ1) is 17.8. The predicted molar refractivity (Wildman–Crippen MR) is 131 cm³/mol. The van der Waals surface area contributed by atoms with Crippen molar-refractivity contribution in [2.45, 2.75) is 39.0 Å². The second-order valence-electron chi connectivity index (χ2n) is 8.76. The van der Waals surface area contributed by atoms with Crippen LogP contribution in [0.3, 0.4) is 0 Å². The molecule has 37 heavy (non-hydrogen) atoms. The zero-order chi connectivity index (χ0) is 26.5.